The molecular weight excluding hydrogens is 530 g/mol. The second kappa shape index (κ2) is 15.7. The fourth-order valence-electron chi connectivity index (χ4n) is 5.28. The van der Waals surface area contributed by atoms with E-state index in [0.29, 0.717) is 38.7 Å². The van der Waals surface area contributed by atoms with Crippen molar-refractivity contribution >= 4 is 5.97 Å². The van der Waals surface area contributed by atoms with E-state index in [9.17, 15) is 9.90 Å². The van der Waals surface area contributed by atoms with Crippen molar-refractivity contribution in [3.63, 3.8) is 0 Å². The van der Waals surface area contributed by atoms with Crippen LogP contribution >= 0.6 is 0 Å². The molecule has 234 valence electrons. The van der Waals surface area contributed by atoms with Gasteiger partial charge in [0.15, 0.2) is 6.61 Å². The van der Waals surface area contributed by atoms with Crippen LogP contribution in [0.2, 0.25) is 0 Å². The Morgan fingerprint density at radius 1 is 0.833 bits per heavy atom. The highest BCUT2D eigenvalue weighted by Crippen LogP contribution is 2.38. The molecule has 1 aliphatic heterocycles. The van der Waals surface area contributed by atoms with Crippen molar-refractivity contribution in [1.82, 2.24) is 4.90 Å². The van der Waals surface area contributed by atoms with Crippen LogP contribution in [0.1, 0.15) is 85.3 Å². The lowest BCUT2D eigenvalue weighted by Crippen LogP contribution is -2.35. The molecule has 0 aliphatic carbocycles. The summed E-state index contributed by atoms with van der Waals surface area (Å²) in [5.41, 5.74) is 3.98. The van der Waals surface area contributed by atoms with Gasteiger partial charge >= 0.3 is 5.97 Å². The number of likely N-dealkylation sites (tertiary alicyclic amines) is 1. The number of aliphatic hydroxyl groups excluding tert-OH is 1. The number of rotatable bonds is 13. The van der Waals surface area contributed by atoms with Crippen LogP contribution in [0.4, 0.5) is 0 Å². The standard InChI is InChI=1S/C35H53NO6/c1-8-40-33(38)25-42-32-16-14-27(22-30(32)35(5,6)7)26-13-15-31(29(21-26)34(2,3)4)41-20-19-39-24-28(37)23-36-17-11-9-10-12-18-36/h13-16,21-22,28,37H,8-12,17-20,23-25H2,1-7H3. The molecule has 1 heterocycles. The summed E-state index contributed by atoms with van der Waals surface area (Å²) < 4.78 is 22.9. The molecule has 1 aliphatic rings. The zero-order valence-corrected chi connectivity index (χ0v) is 27.0. The number of ether oxygens (including phenoxy) is 4. The smallest absolute Gasteiger partial charge is 0.344 e. The van der Waals surface area contributed by atoms with E-state index in [-0.39, 0.29) is 23.4 Å². The highest BCUT2D eigenvalue weighted by Gasteiger charge is 2.23. The molecule has 7 nitrogen and oxygen atoms in total. The number of benzene rings is 2. The van der Waals surface area contributed by atoms with E-state index in [4.69, 9.17) is 18.9 Å². The summed E-state index contributed by atoms with van der Waals surface area (Å²) in [6, 6.07) is 12.4. The second-order valence-electron chi connectivity index (χ2n) is 13.3. The third-order valence-corrected chi connectivity index (χ3v) is 7.52. The van der Waals surface area contributed by atoms with Crippen LogP contribution in [-0.2, 0) is 25.1 Å². The van der Waals surface area contributed by atoms with Gasteiger partial charge in [0.25, 0.3) is 0 Å². The molecular formula is C35H53NO6. The Morgan fingerprint density at radius 3 is 1.90 bits per heavy atom. The number of esters is 1. The fourth-order valence-corrected chi connectivity index (χ4v) is 5.28. The number of nitrogens with zero attached hydrogens (tertiary/aromatic N) is 1. The Morgan fingerprint density at radius 2 is 1.38 bits per heavy atom. The molecule has 7 heteroatoms. The maximum Gasteiger partial charge on any atom is 0.344 e. The lowest BCUT2D eigenvalue weighted by Gasteiger charge is -2.26. The maximum atomic E-state index is 11.9. The third-order valence-electron chi connectivity index (χ3n) is 7.52. The zero-order chi connectivity index (χ0) is 30.8. The Hall–Kier alpha value is -2.61. The zero-order valence-electron chi connectivity index (χ0n) is 27.0. The number of carbonyl (C=O) groups is 1. The van der Waals surface area contributed by atoms with E-state index in [2.05, 4.69) is 64.6 Å². The van der Waals surface area contributed by atoms with Gasteiger partial charge in [0.2, 0.25) is 0 Å². The number of aliphatic hydroxyl groups is 1. The molecule has 1 N–H and O–H groups in total. The molecule has 0 aromatic heterocycles. The van der Waals surface area contributed by atoms with Gasteiger partial charge in [-0.3, -0.25) is 0 Å². The van der Waals surface area contributed by atoms with Gasteiger partial charge in [0.05, 0.1) is 25.9 Å². The average molecular weight is 584 g/mol. The molecule has 3 rings (SSSR count). The predicted octanol–water partition coefficient (Wildman–Crippen LogP) is 6.52. The predicted molar refractivity (Wildman–Crippen MR) is 169 cm³/mol. The van der Waals surface area contributed by atoms with E-state index in [1.54, 1.807) is 6.92 Å². The highest BCUT2D eigenvalue weighted by atomic mass is 16.6. The SMILES string of the molecule is CCOC(=O)COc1ccc(-c2ccc(OCCOCC(O)CN3CCCCCC3)c(C(C)(C)C)c2)cc1C(C)(C)C. The summed E-state index contributed by atoms with van der Waals surface area (Å²) in [5.74, 6) is 1.15. The molecule has 42 heavy (non-hydrogen) atoms. The lowest BCUT2D eigenvalue weighted by molar-refractivity contribution is -0.145. The number of hydrogen-bond acceptors (Lipinski definition) is 7. The Labute approximate surface area is 253 Å². The van der Waals surface area contributed by atoms with Gasteiger partial charge in [-0.1, -0.05) is 66.5 Å². The summed E-state index contributed by atoms with van der Waals surface area (Å²) in [6.07, 6.45) is 4.52. The Kier molecular flexibility index (Phi) is 12.7. The molecule has 1 unspecified atom stereocenters. The normalized spacial score (nSPS) is 15.6. The molecule has 0 spiro atoms. The van der Waals surface area contributed by atoms with Crippen molar-refractivity contribution < 1.29 is 28.8 Å². The van der Waals surface area contributed by atoms with E-state index in [0.717, 1.165) is 41.1 Å². The van der Waals surface area contributed by atoms with Crippen LogP contribution < -0.4 is 9.47 Å². The van der Waals surface area contributed by atoms with Crippen molar-refractivity contribution in [1.29, 1.82) is 0 Å². The minimum Gasteiger partial charge on any atom is -0.491 e. The van der Waals surface area contributed by atoms with Crippen LogP contribution in [0.15, 0.2) is 36.4 Å². The van der Waals surface area contributed by atoms with Crippen LogP contribution in [0.3, 0.4) is 0 Å². The van der Waals surface area contributed by atoms with Gasteiger partial charge in [-0.25, -0.2) is 4.79 Å². The molecule has 0 amide bonds. The number of hydrogen-bond donors (Lipinski definition) is 1. The van der Waals surface area contributed by atoms with Gasteiger partial charge in [-0.05, 0) is 79.1 Å². The molecule has 0 bridgehead atoms. The molecule has 1 fully saturated rings. The van der Waals surface area contributed by atoms with Gasteiger partial charge < -0.3 is 29.0 Å². The van der Waals surface area contributed by atoms with E-state index in [1.165, 1.54) is 25.7 Å². The van der Waals surface area contributed by atoms with Gasteiger partial charge in [0, 0.05) is 17.7 Å². The molecule has 2 aromatic rings. The lowest BCUT2D eigenvalue weighted by atomic mass is 9.82. The van der Waals surface area contributed by atoms with Crippen LogP contribution in [0.5, 0.6) is 11.5 Å². The summed E-state index contributed by atoms with van der Waals surface area (Å²) in [7, 11) is 0. The van der Waals surface area contributed by atoms with Crippen molar-refractivity contribution in [2.75, 3.05) is 52.7 Å². The largest absolute Gasteiger partial charge is 0.491 e. The molecule has 0 saturated carbocycles. The Balaban J connectivity index is 1.65. The molecule has 1 atom stereocenters. The molecule has 1 saturated heterocycles. The van der Waals surface area contributed by atoms with Crippen molar-refractivity contribution in [3.8, 4) is 22.6 Å². The third kappa shape index (κ3) is 10.6. The summed E-state index contributed by atoms with van der Waals surface area (Å²) in [5, 5.41) is 10.4. The number of β-amino-alcohol motifs (C(OH)–C–C–N with tert-alkyl or cyclic N) is 1. The minimum atomic E-state index is -0.479. The molecule has 0 radical (unpaired) electrons. The fraction of sp³-hybridized carbons (Fsp3) is 0.629. The van der Waals surface area contributed by atoms with Crippen LogP contribution in [-0.4, -0.2) is 74.7 Å². The first-order chi connectivity index (χ1) is 19.9. The molecule has 2 aromatic carbocycles. The van der Waals surface area contributed by atoms with Crippen molar-refractivity contribution in [3.05, 3.63) is 47.5 Å². The second-order valence-corrected chi connectivity index (χ2v) is 13.3. The minimum absolute atomic E-state index is 0.113. The Bertz CT molecular complexity index is 1130. The van der Waals surface area contributed by atoms with E-state index in [1.807, 2.05) is 18.2 Å². The monoisotopic (exact) mass is 583 g/mol. The van der Waals surface area contributed by atoms with Crippen LogP contribution in [0, 0.1) is 0 Å². The van der Waals surface area contributed by atoms with Gasteiger partial charge in [-0.2, -0.15) is 0 Å². The van der Waals surface area contributed by atoms with Crippen molar-refractivity contribution in [2.24, 2.45) is 0 Å². The average Bonchev–Trinajstić information content (AvgIpc) is 3.19. The first-order valence-corrected chi connectivity index (χ1v) is 15.6. The van der Waals surface area contributed by atoms with Crippen LogP contribution in [0.25, 0.3) is 11.1 Å². The maximum absolute atomic E-state index is 11.9. The first-order valence-electron chi connectivity index (χ1n) is 15.6. The summed E-state index contributed by atoms with van der Waals surface area (Å²) >= 11 is 0. The quantitative estimate of drug-likeness (QED) is 0.212. The number of carbonyl (C=O) groups excluding carboxylic acids is 1. The van der Waals surface area contributed by atoms with E-state index >= 15 is 0 Å². The highest BCUT2D eigenvalue weighted by molar-refractivity contribution is 5.72. The van der Waals surface area contributed by atoms with Gasteiger partial charge in [0.1, 0.15) is 18.1 Å². The first kappa shape index (κ1) is 33.9. The van der Waals surface area contributed by atoms with Crippen molar-refractivity contribution in [2.45, 2.75) is 91.1 Å². The topological polar surface area (TPSA) is 77.5 Å². The summed E-state index contributed by atoms with van der Waals surface area (Å²) in [6.45, 7) is 18.9. The summed E-state index contributed by atoms with van der Waals surface area (Å²) in [4.78, 5) is 14.2. The van der Waals surface area contributed by atoms with Gasteiger partial charge in [-0.15, -0.1) is 0 Å². The van der Waals surface area contributed by atoms with E-state index < -0.39 is 6.10 Å².